The SMILES string of the molecule is Cc1nc(SCC(=O)NC[C@H]2CCCO2)c2cc(-c3ccccc3)sc2n1. The van der Waals surface area contributed by atoms with E-state index in [1.165, 1.54) is 17.3 Å². The summed E-state index contributed by atoms with van der Waals surface area (Å²) in [6.45, 7) is 3.28. The Morgan fingerprint density at radius 3 is 2.96 bits per heavy atom. The molecule has 0 spiro atoms. The van der Waals surface area contributed by atoms with Crippen LogP contribution in [-0.4, -0.2) is 40.9 Å². The fourth-order valence-electron chi connectivity index (χ4n) is 3.07. The maximum atomic E-state index is 12.2. The molecule has 0 radical (unpaired) electrons. The largest absolute Gasteiger partial charge is 0.376 e. The molecule has 1 amide bonds. The predicted octanol–water partition coefficient (Wildman–Crippen LogP) is 4.05. The molecule has 0 saturated carbocycles. The van der Waals surface area contributed by atoms with Gasteiger partial charge in [0.1, 0.15) is 15.7 Å². The lowest BCUT2D eigenvalue weighted by molar-refractivity contribution is -0.119. The zero-order valence-corrected chi connectivity index (χ0v) is 16.7. The van der Waals surface area contributed by atoms with E-state index in [0.29, 0.717) is 12.3 Å². The molecule has 1 saturated heterocycles. The monoisotopic (exact) mass is 399 g/mol. The van der Waals surface area contributed by atoms with Crippen LogP contribution < -0.4 is 5.32 Å². The number of aryl methyl sites for hydroxylation is 1. The number of fused-ring (bicyclic) bond motifs is 1. The molecule has 0 aliphatic carbocycles. The summed E-state index contributed by atoms with van der Waals surface area (Å²) in [6, 6.07) is 12.4. The molecule has 27 heavy (non-hydrogen) atoms. The molecular weight excluding hydrogens is 378 g/mol. The van der Waals surface area contributed by atoms with Gasteiger partial charge in [-0.3, -0.25) is 4.79 Å². The maximum Gasteiger partial charge on any atom is 0.230 e. The van der Waals surface area contributed by atoms with Crippen LogP contribution in [0.4, 0.5) is 0 Å². The third-order valence-electron chi connectivity index (χ3n) is 4.42. The Morgan fingerprint density at radius 1 is 1.33 bits per heavy atom. The van der Waals surface area contributed by atoms with Crippen LogP contribution in [0.25, 0.3) is 20.7 Å². The molecule has 7 heteroatoms. The number of hydrogen-bond donors (Lipinski definition) is 1. The van der Waals surface area contributed by atoms with Crippen LogP contribution in [0.5, 0.6) is 0 Å². The number of amides is 1. The highest BCUT2D eigenvalue weighted by Gasteiger charge is 2.17. The zero-order valence-electron chi connectivity index (χ0n) is 15.1. The number of ether oxygens (including phenoxy) is 1. The Bertz CT molecular complexity index is 937. The lowest BCUT2D eigenvalue weighted by atomic mass is 10.2. The number of rotatable bonds is 6. The van der Waals surface area contributed by atoms with Gasteiger partial charge >= 0.3 is 0 Å². The van der Waals surface area contributed by atoms with Gasteiger partial charge in [0.15, 0.2) is 0 Å². The number of thiophene rings is 1. The Hall–Kier alpha value is -1.96. The topological polar surface area (TPSA) is 64.1 Å². The van der Waals surface area contributed by atoms with E-state index in [-0.39, 0.29) is 12.0 Å². The highest BCUT2D eigenvalue weighted by molar-refractivity contribution is 8.00. The molecule has 0 bridgehead atoms. The first-order valence-corrected chi connectivity index (χ1v) is 10.8. The Morgan fingerprint density at radius 2 is 2.19 bits per heavy atom. The second-order valence-corrected chi connectivity index (χ2v) is 8.49. The van der Waals surface area contributed by atoms with E-state index in [9.17, 15) is 4.79 Å². The van der Waals surface area contributed by atoms with E-state index in [1.54, 1.807) is 11.3 Å². The normalized spacial score (nSPS) is 16.7. The summed E-state index contributed by atoms with van der Waals surface area (Å²) < 4.78 is 5.54. The van der Waals surface area contributed by atoms with Gasteiger partial charge in [0.25, 0.3) is 0 Å². The first-order chi connectivity index (χ1) is 13.2. The highest BCUT2D eigenvalue weighted by atomic mass is 32.2. The summed E-state index contributed by atoms with van der Waals surface area (Å²) in [5.74, 6) is 1.08. The minimum absolute atomic E-state index is 0.0124. The minimum atomic E-state index is 0.0124. The number of carbonyl (C=O) groups excluding carboxylic acids is 1. The van der Waals surface area contributed by atoms with Crippen LogP contribution >= 0.6 is 23.1 Å². The van der Waals surface area contributed by atoms with Gasteiger partial charge in [0.2, 0.25) is 5.91 Å². The molecular formula is C20H21N3O2S2. The molecule has 5 nitrogen and oxygen atoms in total. The minimum Gasteiger partial charge on any atom is -0.376 e. The smallest absolute Gasteiger partial charge is 0.230 e. The van der Waals surface area contributed by atoms with Gasteiger partial charge in [0.05, 0.1) is 11.9 Å². The predicted molar refractivity (Wildman–Crippen MR) is 110 cm³/mol. The quantitative estimate of drug-likeness (QED) is 0.500. The van der Waals surface area contributed by atoms with Crippen LogP contribution in [-0.2, 0) is 9.53 Å². The molecule has 0 unspecified atom stereocenters. The first kappa shape index (κ1) is 18.4. The first-order valence-electron chi connectivity index (χ1n) is 9.04. The molecule has 2 aromatic heterocycles. The van der Waals surface area contributed by atoms with Gasteiger partial charge in [-0.05, 0) is 31.4 Å². The summed E-state index contributed by atoms with van der Waals surface area (Å²) in [5.41, 5.74) is 1.17. The van der Waals surface area contributed by atoms with Crippen molar-refractivity contribution in [2.75, 3.05) is 18.9 Å². The Kier molecular flexibility index (Phi) is 5.71. The van der Waals surface area contributed by atoms with E-state index in [4.69, 9.17) is 4.74 Å². The van der Waals surface area contributed by atoms with Crippen molar-refractivity contribution in [3.63, 3.8) is 0 Å². The van der Waals surface area contributed by atoms with Crippen LogP contribution in [0, 0.1) is 6.92 Å². The summed E-state index contributed by atoms with van der Waals surface area (Å²) in [7, 11) is 0. The van der Waals surface area contributed by atoms with Crippen LogP contribution in [0.1, 0.15) is 18.7 Å². The van der Waals surface area contributed by atoms with E-state index in [0.717, 1.165) is 45.4 Å². The van der Waals surface area contributed by atoms with E-state index >= 15 is 0 Å². The van der Waals surface area contributed by atoms with Crippen molar-refractivity contribution in [1.29, 1.82) is 0 Å². The molecule has 3 heterocycles. The van der Waals surface area contributed by atoms with Crippen molar-refractivity contribution in [2.24, 2.45) is 0 Å². The maximum absolute atomic E-state index is 12.2. The van der Waals surface area contributed by atoms with Crippen molar-refractivity contribution in [2.45, 2.75) is 30.9 Å². The second kappa shape index (κ2) is 8.37. The van der Waals surface area contributed by atoms with Crippen LogP contribution in [0.2, 0.25) is 0 Å². The highest BCUT2D eigenvalue weighted by Crippen LogP contribution is 2.36. The number of carbonyl (C=O) groups is 1. The number of aromatic nitrogens is 2. The summed E-state index contributed by atoms with van der Waals surface area (Å²) >= 11 is 3.12. The standard InChI is InChI=1S/C20H21N3O2S2/c1-13-22-19(26-12-18(24)21-11-15-8-5-9-25-15)16-10-17(27-20(16)23-13)14-6-3-2-4-7-14/h2-4,6-7,10,15H,5,8-9,11-12H2,1H3,(H,21,24)/t15-/m1/s1. The number of nitrogens with zero attached hydrogens (tertiary/aromatic N) is 2. The molecule has 1 fully saturated rings. The lowest BCUT2D eigenvalue weighted by Crippen LogP contribution is -2.32. The molecule has 3 aromatic rings. The van der Waals surface area contributed by atoms with Crippen molar-refractivity contribution in [1.82, 2.24) is 15.3 Å². The summed E-state index contributed by atoms with van der Waals surface area (Å²) in [4.78, 5) is 23.5. The molecule has 1 aliphatic heterocycles. The van der Waals surface area contributed by atoms with Gasteiger partial charge in [-0.2, -0.15) is 0 Å². The second-order valence-electron chi connectivity index (χ2n) is 6.50. The van der Waals surface area contributed by atoms with Crippen molar-refractivity contribution in [3.8, 4) is 10.4 Å². The molecule has 1 aromatic carbocycles. The number of benzene rings is 1. The molecule has 1 N–H and O–H groups in total. The van der Waals surface area contributed by atoms with Crippen LogP contribution in [0.15, 0.2) is 41.4 Å². The third kappa shape index (κ3) is 4.48. The Labute approximate surface area is 166 Å². The summed E-state index contributed by atoms with van der Waals surface area (Å²) in [6.07, 6.45) is 2.27. The van der Waals surface area contributed by atoms with Gasteiger partial charge < -0.3 is 10.1 Å². The molecule has 1 aliphatic rings. The molecule has 140 valence electrons. The average Bonchev–Trinajstić information content (AvgIpc) is 3.34. The molecule has 1 atom stereocenters. The average molecular weight is 400 g/mol. The summed E-state index contributed by atoms with van der Waals surface area (Å²) in [5, 5.41) is 4.84. The van der Waals surface area contributed by atoms with E-state index < -0.39 is 0 Å². The van der Waals surface area contributed by atoms with Gasteiger partial charge in [-0.25, -0.2) is 9.97 Å². The fourth-order valence-corrected chi connectivity index (χ4v) is 5.09. The lowest BCUT2D eigenvalue weighted by Gasteiger charge is -2.10. The molecule has 4 rings (SSSR count). The van der Waals surface area contributed by atoms with Gasteiger partial charge in [-0.15, -0.1) is 11.3 Å². The van der Waals surface area contributed by atoms with Crippen molar-refractivity contribution in [3.05, 3.63) is 42.2 Å². The van der Waals surface area contributed by atoms with Crippen molar-refractivity contribution < 1.29 is 9.53 Å². The van der Waals surface area contributed by atoms with E-state index in [1.807, 2.05) is 25.1 Å². The fraction of sp³-hybridized carbons (Fsp3) is 0.350. The van der Waals surface area contributed by atoms with Crippen molar-refractivity contribution >= 4 is 39.2 Å². The van der Waals surface area contributed by atoms with Crippen LogP contribution in [0.3, 0.4) is 0 Å². The zero-order chi connectivity index (χ0) is 18.6. The van der Waals surface area contributed by atoms with Gasteiger partial charge in [-0.1, -0.05) is 42.1 Å². The van der Waals surface area contributed by atoms with Gasteiger partial charge in [0, 0.05) is 23.4 Å². The Balaban J connectivity index is 1.47. The third-order valence-corrected chi connectivity index (χ3v) is 6.49. The number of nitrogens with one attached hydrogen (secondary N) is 1. The van der Waals surface area contributed by atoms with E-state index in [2.05, 4.69) is 33.5 Å². The number of thioether (sulfide) groups is 1. The number of hydrogen-bond acceptors (Lipinski definition) is 6.